The summed E-state index contributed by atoms with van der Waals surface area (Å²) in [6.07, 6.45) is -0.0567. The number of amides is 6. The molecule has 0 unspecified atom stereocenters. The van der Waals surface area contributed by atoms with Crippen LogP contribution in [0.4, 0.5) is 9.59 Å². The first-order chi connectivity index (χ1) is 13.0. The summed E-state index contributed by atoms with van der Waals surface area (Å²) in [7, 11) is 4.59. The Hall–Kier alpha value is -3.10. The maximum absolute atomic E-state index is 13.2. The molecule has 150 valence electrons. The van der Waals surface area contributed by atoms with Gasteiger partial charge in [0.1, 0.15) is 5.75 Å². The zero-order chi connectivity index (χ0) is 21.0. The molecule has 3 rings (SSSR count). The van der Waals surface area contributed by atoms with Gasteiger partial charge in [0.05, 0.1) is 13.5 Å². The number of likely N-dealkylation sites (N-methyl/N-ethyl adjacent to an activating group) is 2. The number of methoxy groups -OCH3 is 1. The summed E-state index contributed by atoms with van der Waals surface area (Å²) in [5.41, 5.74) is -1.98. The number of carbonyl (C=O) groups is 4. The highest BCUT2D eigenvalue weighted by molar-refractivity contribution is 6.05. The van der Waals surface area contributed by atoms with Crippen LogP contribution in [0.5, 0.6) is 5.75 Å². The first-order valence-corrected chi connectivity index (χ1v) is 8.84. The van der Waals surface area contributed by atoms with E-state index in [1.807, 2.05) is 0 Å². The quantitative estimate of drug-likeness (QED) is 0.782. The summed E-state index contributed by atoms with van der Waals surface area (Å²) in [5, 5.41) is 0. The zero-order valence-electron chi connectivity index (χ0n) is 16.8. The summed E-state index contributed by atoms with van der Waals surface area (Å²) in [4.78, 5) is 55.9. The van der Waals surface area contributed by atoms with Crippen LogP contribution in [0.15, 0.2) is 24.3 Å². The molecule has 2 fully saturated rings. The predicted molar refractivity (Wildman–Crippen MR) is 99.2 cm³/mol. The fourth-order valence-corrected chi connectivity index (χ4v) is 4.22. The van der Waals surface area contributed by atoms with Gasteiger partial charge in [0.25, 0.3) is 0 Å². The van der Waals surface area contributed by atoms with Crippen LogP contribution in [-0.2, 0) is 16.0 Å². The SMILES string of the molecule is COc1ccc(CC(=O)N2C(=O)N(C)[C@]3(C)N(C)C(=O)N(C(C)=O)[C@]23C)cc1. The first-order valence-electron chi connectivity index (χ1n) is 8.84. The lowest BCUT2D eigenvalue weighted by molar-refractivity contribution is -0.145. The molecule has 0 spiro atoms. The Labute approximate surface area is 163 Å². The second-order valence-corrected chi connectivity index (χ2v) is 7.33. The van der Waals surface area contributed by atoms with E-state index in [4.69, 9.17) is 4.74 Å². The number of imide groups is 2. The minimum absolute atomic E-state index is 0.0567. The number of carbonyl (C=O) groups excluding carboxylic acids is 4. The number of nitrogens with zero attached hydrogens (tertiary/aromatic N) is 4. The fraction of sp³-hybridized carbons (Fsp3) is 0.474. The third kappa shape index (κ3) is 2.25. The fourth-order valence-electron chi connectivity index (χ4n) is 4.22. The molecule has 2 heterocycles. The number of fused-ring (bicyclic) bond motifs is 1. The van der Waals surface area contributed by atoms with Crippen LogP contribution in [0.25, 0.3) is 0 Å². The maximum Gasteiger partial charge on any atom is 0.330 e. The average Bonchev–Trinajstić information content (AvgIpc) is 2.90. The van der Waals surface area contributed by atoms with E-state index in [0.29, 0.717) is 11.3 Å². The molecule has 0 bridgehead atoms. The molecular formula is C19H24N4O5. The highest BCUT2D eigenvalue weighted by atomic mass is 16.5. The van der Waals surface area contributed by atoms with Gasteiger partial charge in [-0.15, -0.1) is 0 Å². The van der Waals surface area contributed by atoms with E-state index in [0.717, 1.165) is 9.80 Å². The highest BCUT2D eigenvalue weighted by Gasteiger charge is 2.75. The molecule has 1 aromatic carbocycles. The van der Waals surface area contributed by atoms with E-state index in [1.165, 1.54) is 30.8 Å². The minimum atomic E-state index is -1.47. The number of ether oxygens (including phenoxy) is 1. The van der Waals surface area contributed by atoms with E-state index in [1.54, 1.807) is 45.2 Å². The lowest BCUT2D eigenvalue weighted by Gasteiger charge is -2.42. The lowest BCUT2D eigenvalue weighted by atomic mass is 9.95. The van der Waals surface area contributed by atoms with Crippen LogP contribution in [0.1, 0.15) is 26.3 Å². The summed E-state index contributed by atoms with van der Waals surface area (Å²) in [5.74, 6) is -0.380. The second-order valence-electron chi connectivity index (χ2n) is 7.33. The zero-order valence-corrected chi connectivity index (χ0v) is 16.8. The second kappa shape index (κ2) is 6.22. The Morgan fingerprint density at radius 1 is 0.929 bits per heavy atom. The Morgan fingerprint density at radius 3 is 1.89 bits per heavy atom. The van der Waals surface area contributed by atoms with Crippen LogP contribution in [-0.4, -0.2) is 76.0 Å². The molecule has 2 aliphatic heterocycles. The molecule has 2 saturated heterocycles. The average molecular weight is 388 g/mol. The van der Waals surface area contributed by atoms with Crippen LogP contribution in [0, 0.1) is 0 Å². The van der Waals surface area contributed by atoms with Crippen molar-refractivity contribution in [2.24, 2.45) is 0 Å². The maximum atomic E-state index is 13.2. The summed E-state index contributed by atoms with van der Waals surface area (Å²) >= 11 is 0. The molecule has 0 aliphatic carbocycles. The van der Waals surface area contributed by atoms with Crippen molar-refractivity contribution in [3.63, 3.8) is 0 Å². The van der Waals surface area contributed by atoms with E-state index in [9.17, 15) is 19.2 Å². The van der Waals surface area contributed by atoms with Crippen molar-refractivity contribution < 1.29 is 23.9 Å². The van der Waals surface area contributed by atoms with Gasteiger partial charge in [-0.2, -0.15) is 0 Å². The molecule has 0 aromatic heterocycles. The van der Waals surface area contributed by atoms with E-state index >= 15 is 0 Å². The first kappa shape index (κ1) is 19.7. The van der Waals surface area contributed by atoms with Gasteiger partial charge in [-0.05, 0) is 31.5 Å². The van der Waals surface area contributed by atoms with Gasteiger partial charge in [0.2, 0.25) is 11.8 Å². The molecule has 2 aliphatic rings. The Balaban J connectivity index is 2.04. The van der Waals surface area contributed by atoms with Gasteiger partial charge in [0, 0.05) is 21.0 Å². The molecule has 0 N–H and O–H groups in total. The summed E-state index contributed by atoms with van der Waals surface area (Å²) < 4.78 is 5.11. The number of benzene rings is 1. The molecule has 9 nitrogen and oxygen atoms in total. The molecule has 2 atom stereocenters. The van der Waals surface area contributed by atoms with Gasteiger partial charge in [-0.25, -0.2) is 19.4 Å². The Kier molecular flexibility index (Phi) is 4.36. The standard InChI is InChI=1S/C19H24N4O5/c1-12(24)22-16(26)20(4)18(2)19(22,3)23(17(27)21(18)5)15(25)11-13-7-9-14(28-6)10-8-13/h7-10H,11H2,1-6H3/t18-,19+/m0/s1. The van der Waals surface area contributed by atoms with Crippen molar-refractivity contribution in [2.75, 3.05) is 21.2 Å². The van der Waals surface area contributed by atoms with Gasteiger partial charge in [0.15, 0.2) is 11.3 Å². The molecule has 0 radical (unpaired) electrons. The highest BCUT2D eigenvalue weighted by Crippen LogP contribution is 2.50. The molecule has 1 aromatic rings. The number of hydrogen-bond donors (Lipinski definition) is 0. The monoisotopic (exact) mass is 388 g/mol. The number of urea groups is 2. The third-order valence-corrected chi connectivity index (χ3v) is 6.11. The Bertz CT molecular complexity index is 870. The van der Waals surface area contributed by atoms with Gasteiger partial charge < -0.3 is 14.5 Å². The molecule has 28 heavy (non-hydrogen) atoms. The van der Waals surface area contributed by atoms with E-state index in [-0.39, 0.29) is 6.42 Å². The van der Waals surface area contributed by atoms with E-state index in [2.05, 4.69) is 0 Å². The summed E-state index contributed by atoms with van der Waals surface area (Å²) in [6, 6.07) is 5.80. The van der Waals surface area contributed by atoms with Crippen molar-refractivity contribution in [1.82, 2.24) is 19.6 Å². The predicted octanol–water partition coefficient (Wildman–Crippen LogP) is 1.48. The van der Waals surface area contributed by atoms with Crippen LogP contribution >= 0.6 is 0 Å². The largest absolute Gasteiger partial charge is 0.497 e. The van der Waals surface area contributed by atoms with Gasteiger partial charge in [-0.3, -0.25) is 9.59 Å². The van der Waals surface area contributed by atoms with Gasteiger partial charge in [-0.1, -0.05) is 12.1 Å². The van der Waals surface area contributed by atoms with Crippen molar-refractivity contribution in [2.45, 2.75) is 38.5 Å². The Morgan fingerprint density at radius 2 is 1.43 bits per heavy atom. The third-order valence-electron chi connectivity index (χ3n) is 6.11. The van der Waals surface area contributed by atoms with Crippen LogP contribution in [0.2, 0.25) is 0 Å². The van der Waals surface area contributed by atoms with Crippen molar-refractivity contribution in [3.8, 4) is 5.75 Å². The normalized spacial score (nSPS) is 26.8. The topological polar surface area (TPSA) is 90.5 Å². The van der Waals surface area contributed by atoms with Crippen LogP contribution < -0.4 is 4.74 Å². The molecule has 0 saturated carbocycles. The van der Waals surface area contributed by atoms with E-state index < -0.39 is 35.2 Å². The molecule has 9 heteroatoms. The van der Waals surface area contributed by atoms with Crippen LogP contribution in [0.3, 0.4) is 0 Å². The molecular weight excluding hydrogens is 364 g/mol. The number of hydrogen-bond acceptors (Lipinski definition) is 5. The lowest BCUT2D eigenvalue weighted by Crippen LogP contribution is -2.65. The summed E-state index contributed by atoms with van der Waals surface area (Å²) in [6.45, 7) is 4.49. The number of rotatable bonds is 3. The van der Waals surface area contributed by atoms with Crippen molar-refractivity contribution in [3.05, 3.63) is 29.8 Å². The van der Waals surface area contributed by atoms with Crippen molar-refractivity contribution >= 4 is 23.9 Å². The minimum Gasteiger partial charge on any atom is -0.497 e. The smallest absolute Gasteiger partial charge is 0.330 e. The van der Waals surface area contributed by atoms with Gasteiger partial charge >= 0.3 is 12.1 Å². The van der Waals surface area contributed by atoms with Crippen molar-refractivity contribution in [1.29, 1.82) is 0 Å². The molecule has 6 amide bonds.